The molecule has 0 aromatic heterocycles. The van der Waals surface area contributed by atoms with Gasteiger partial charge in [0.2, 0.25) is 0 Å². The van der Waals surface area contributed by atoms with Crippen LogP contribution in [0.3, 0.4) is 0 Å². The van der Waals surface area contributed by atoms with Gasteiger partial charge in [-0.15, -0.1) is 0 Å². The third kappa shape index (κ3) is 4.52. The van der Waals surface area contributed by atoms with E-state index in [2.05, 4.69) is 56.9 Å². The summed E-state index contributed by atoms with van der Waals surface area (Å²) in [5, 5.41) is 0. The van der Waals surface area contributed by atoms with E-state index < -0.39 is 0 Å². The van der Waals surface area contributed by atoms with Crippen LogP contribution in [-0.4, -0.2) is 31.1 Å². The zero-order valence-corrected chi connectivity index (χ0v) is 13.5. The van der Waals surface area contributed by atoms with Crippen molar-refractivity contribution in [3.8, 4) is 5.75 Å². The maximum Gasteiger partial charge on any atom is 0.119 e. The Labute approximate surface area is 124 Å². The molecule has 0 amide bonds. The number of likely N-dealkylation sites (tertiary alicyclic amines) is 1. The second kappa shape index (κ2) is 6.62. The first kappa shape index (κ1) is 15.4. The molecule has 0 radical (unpaired) electrons. The van der Waals surface area contributed by atoms with Gasteiger partial charge in [0.05, 0.1) is 0 Å². The molecular weight excluding hydrogens is 246 g/mol. The average Bonchev–Trinajstić information content (AvgIpc) is 2.38. The van der Waals surface area contributed by atoms with Crippen LogP contribution in [0.2, 0.25) is 0 Å². The monoisotopic (exact) mass is 275 g/mol. The van der Waals surface area contributed by atoms with Gasteiger partial charge in [-0.1, -0.05) is 39.8 Å². The smallest absolute Gasteiger partial charge is 0.119 e. The van der Waals surface area contributed by atoms with E-state index in [0.717, 1.165) is 24.8 Å². The topological polar surface area (TPSA) is 12.5 Å². The molecule has 0 spiro atoms. The van der Waals surface area contributed by atoms with Crippen molar-refractivity contribution in [3.63, 3.8) is 0 Å². The molecule has 20 heavy (non-hydrogen) atoms. The molecular formula is C18H29NO. The van der Waals surface area contributed by atoms with E-state index >= 15 is 0 Å². The van der Waals surface area contributed by atoms with Crippen LogP contribution in [0.1, 0.15) is 46.1 Å². The first-order chi connectivity index (χ1) is 9.45. The van der Waals surface area contributed by atoms with Crippen molar-refractivity contribution in [1.29, 1.82) is 0 Å². The maximum absolute atomic E-state index is 5.94. The number of piperidine rings is 1. The van der Waals surface area contributed by atoms with Gasteiger partial charge in [0, 0.05) is 13.1 Å². The zero-order chi connectivity index (χ0) is 14.6. The predicted molar refractivity (Wildman–Crippen MR) is 85.5 cm³/mol. The molecule has 1 aromatic rings. The van der Waals surface area contributed by atoms with Crippen molar-refractivity contribution >= 4 is 0 Å². The SMILES string of the molecule is CC1CCCN(CCOc2cccc(C(C)(C)C)c2)C1. The van der Waals surface area contributed by atoms with Crippen LogP contribution in [-0.2, 0) is 5.41 Å². The Morgan fingerprint density at radius 2 is 2.10 bits per heavy atom. The Balaban J connectivity index is 1.82. The van der Waals surface area contributed by atoms with Gasteiger partial charge in [-0.3, -0.25) is 4.90 Å². The molecule has 1 unspecified atom stereocenters. The van der Waals surface area contributed by atoms with Crippen LogP contribution >= 0.6 is 0 Å². The van der Waals surface area contributed by atoms with Crippen molar-refractivity contribution < 1.29 is 4.74 Å². The van der Waals surface area contributed by atoms with Crippen molar-refractivity contribution in [1.82, 2.24) is 4.90 Å². The van der Waals surface area contributed by atoms with E-state index in [0.29, 0.717) is 0 Å². The quantitative estimate of drug-likeness (QED) is 0.820. The highest BCUT2D eigenvalue weighted by Crippen LogP contribution is 2.25. The predicted octanol–water partition coefficient (Wildman–Crippen LogP) is 4.09. The summed E-state index contributed by atoms with van der Waals surface area (Å²) >= 11 is 0. The Morgan fingerprint density at radius 3 is 2.80 bits per heavy atom. The standard InChI is InChI=1S/C18H29NO/c1-15-7-6-10-19(14-15)11-12-20-17-9-5-8-16(13-17)18(2,3)4/h5,8-9,13,15H,6-7,10-12,14H2,1-4H3. The van der Waals surface area contributed by atoms with E-state index in [1.165, 1.54) is 31.5 Å². The van der Waals surface area contributed by atoms with Crippen LogP contribution < -0.4 is 4.74 Å². The Morgan fingerprint density at radius 1 is 1.30 bits per heavy atom. The van der Waals surface area contributed by atoms with Crippen molar-refractivity contribution in [2.24, 2.45) is 5.92 Å². The van der Waals surface area contributed by atoms with Gasteiger partial charge in [-0.25, -0.2) is 0 Å². The van der Waals surface area contributed by atoms with Crippen molar-refractivity contribution in [2.75, 3.05) is 26.2 Å². The number of hydrogen-bond donors (Lipinski definition) is 0. The van der Waals surface area contributed by atoms with E-state index in [1.54, 1.807) is 0 Å². The number of ether oxygens (including phenoxy) is 1. The van der Waals surface area contributed by atoms with Crippen LogP contribution in [0.4, 0.5) is 0 Å². The summed E-state index contributed by atoms with van der Waals surface area (Å²) in [6.45, 7) is 13.4. The Bertz CT molecular complexity index is 422. The normalized spacial score (nSPS) is 20.9. The highest BCUT2D eigenvalue weighted by molar-refractivity contribution is 5.32. The number of benzene rings is 1. The van der Waals surface area contributed by atoms with Gasteiger partial charge in [-0.2, -0.15) is 0 Å². The summed E-state index contributed by atoms with van der Waals surface area (Å²) in [5.41, 5.74) is 1.52. The molecule has 1 fully saturated rings. The maximum atomic E-state index is 5.94. The minimum absolute atomic E-state index is 0.182. The van der Waals surface area contributed by atoms with Gasteiger partial charge in [0.15, 0.2) is 0 Å². The molecule has 1 aliphatic rings. The lowest BCUT2D eigenvalue weighted by Gasteiger charge is -2.30. The average molecular weight is 275 g/mol. The molecule has 1 saturated heterocycles. The van der Waals surface area contributed by atoms with Crippen molar-refractivity contribution in [3.05, 3.63) is 29.8 Å². The molecule has 112 valence electrons. The lowest BCUT2D eigenvalue weighted by Crippen LogP contribution is -2.37. The lowest BCUT2D eigenvalue weighted by atomic mass is 9.87. The van der Waals surface area contributed by atoms with E-state index in [9.17, 15) is 0 Å². The summed E-state index contributed by atoms with van der Waals surface area (Å²) in [6.07, 6.45) is 2.71. The minimum atomic E-state index is 0.182. The van der Waals surface area contributed by atoms with Crippen LogP contribution in [0.15, 0.2) is 24.3 Å². The summed E-state index contributed by atoms with van der Waals surface area (Å²) in [4.78, 5) is 2.53. The van der Waals surface area contributed by atoms with E-state index in [1.807, 2.05) is 0 Å². The first-order valence-electron chi connectivity index (χ1n) is 7.91. The first-order valence-corrected chi connectivity index (χ1v) is 7.91. The molecule has 0 aliphatic carbocycles. The van der Waals surface area contributed by atoms with E-state index in [-0.39, 0.29) is 5.41 Å². The fourth-order valence-corrected chi connectivity index (χ4v) is 2.83. The summed E-state index contributed by atoms with van der Waals surface area (Å²) in [5.74, 6) is 1.84. The van der Waals surface area contributed by atoms with Crippen LogP contribution in [0, 0.1) is 5.92 Å². The van der Waals surface area contributed by atoms with Gasteiger partial charge in [0.25, 0.3) is 0 Å². The molecule has 2 heteroatoms. The third-order valence-corrected chi connectivity index (χ3v) is 4.12. The summed E-state index contributed by atoms with van der Waals surface area (Å²) < 4.78 is 5.94. The highest BCUT2D eigenvalue weighted by atomic mass is 16.5. The second-order valence-corrected chi connectivity index (χ2v) is 7.17. The fraction of sp³-hybridized carbons (Fsp3) is 0.667. The fourth-order valence-electron chi connectivity index (χ4n) is 2.83. The molecule has 1 aromatic carbocycles. The molecule has 2 rings (SSSR count). The third-order valence-electron chi connectivity index (χ3n) is 4.12. The van der Waals surface area contributed by atoms with Crippen molar-refractivity contribution in [2.45, 2.75) is 46.0 Å². The van der Waals surface area contributed by atoms with Gasteiger partial charge in [0.1, 0.15) is 12.4 Å². The van der Waals surface area contributed by atoms with Gasteiger partial charge >= 0.3 is 0 Å². The molecule has 0 N–H and O–H groups in total. The second-order valence-electron chi connectivity index (χ2n) is 7.17. The Kier molecular flexibility index (Phi) is 5.09. The zero-order valence-electron chi connectivity index (χ0n) is 13.5. The van der Waals surface area contributed by atoms with Crippen LogP contribution in [0.25, 0.3) is 0 Å². The summed E-state index contributed by atoms with van der Waals surface area (Å²) in [6, 6.07) is 8.52. The molecule has 1 heterocycles. The van der Waals surface area contributed by atoms with Gasteiger partial charge in [-0.05, 0) is 48.4 Å². The highest BCUT2D eigenvalue weighted by Gasteiger charge is 2.16. The Hall–Kier alpha value is -1.02. The van der Waals surface area contributed by atoms with E-state index in [4.69, 9.17) is 4.74 Å². The number of hydrogen-bond acceptors (Lipinski definition) is 2. The van der Waals surface area contributed by atoms with Gasteiger partial charge < -0.3 is 4.74 Å². The number of rotatable bonds is 4. The lowest BCUT2D eigenvalue weighted by molar-refractivity contribution is 0.153. The minimum Gasteiger partial charge on any atom is -0.492 e. The molecule has 2 nitrogen and oxygen atoms in total. The molecule has 0 saturated carbocycles. The number of nitrogens with zero attached hydrogens (tertiary/aromatic N) is 1. The molecule has 1 atom stereocenters. The molecule has 1 aliphatic heterocycles. The largest absolute Gasteiger partial charge is 0.492 e. The molecule has 0 bridgehead atoms. The summed E-state index contributed by atoms with van der Waals surface area (Å²) in [7, 11) is 0. The van der Waals surface area contributed by atoms with Crippen LogP contribution in [0.5, 0.6) is 5.75 Å².